The van der Waals surface area contributed by atoms with E-state index in [4.69, 9.17) is 9.47 Å². The van der Waals surface area contributed by atoms with Gasteiger partial charge in [-0.25, -0.2) is 0 Å². The van der Waals surface area contributed by atoms with Gasteiger partial charge in [-0.2, -0.15) is 0 Å². The number of carbonyl (C=O) groups is 2. The predicted molar refractivity (Wildman–Crippen MR) is 94.8 cm³/mol. The third-order valence-electron chi connectivity index (χ3n) is 3.36. The normalized spacial score (nSPS) is 16.3. The van der Waals surface area contributed by atoms with Crippen molar-refractivity contribution in [3.8, 4) is 11.5 Å². The van der Waals surface area contributed by atoms with Gasteiger partial charge >= 0.3 is 0 Å². The number of rotatable bonds is 6. The summed E-state index contributed by atoms with van der Waals surface area (Å²) in [6.45, 7) is 2.49. The molecule has 0 N–H and O–H groups in total. The average Bonchev–Trinajstić information content (AvgIpc) is 2.78. The van der Waals surface area contributed by atoms with Crippen LogP contribution in [0.15, 0.2) is 21.5 Å². The maximum atomic E-state index is 12.3. The van der Waals surface area contributed by atoms with Gasteiger partial charge in [0, 0.05) is 6.54 Å². The number of halogens is 1. The molecule has 2 amide bonds. The molecule has 1 fully saturated rings. The van der Waals surface area contributed by atoms with Crippen molar-refractivity contribution in [2.24, 2.45) is 0 Å². The van der Waals surface area contributed by atoms with Gasteiger partial charge in [-0.3, -0.25) is 14.5 Å². The topological polar surface area (TPSA) is 55.8 Å². The van der Waals surface area contributed by atoms with E-state index in [1.807, 2.05) is 13.0 Å². The number of amides is 2. The Morgan fingerprint density at radius 2 is 2.00 bits per heavy atom. The van der Waals surface area contributed by atoms with E-state index in [-0.39, 0.29) is 11.1 Å². The molecule has 1 aliphatic rings. The third kappa shape index (κ3) is 3.90. The van der Waals surface area contributed by atoms with Crippen molar-refractivity contribution < 1.29 is 19.1 Å². The van der Waals surface area contributed by atoms with E-state index in [0.717, 1.165) is 34.6 Å². The van der Waals surface area contributed by atoms with Crippen LogP contribution in [0.1, 0.15) is 25.3 Å². The summed E-state index contributed by atoms with van der Waals surface area (Å²) in [4.78, 5) is 26.0. The smallest absolute Gasteiger partial charge is 0.293 e. The maximum Gasteiger partial charge on any atom is 0.293 e. The van der Waals surface area contributed by atoms with Gasteiger partial charge in [-0.05, 0) is 57.9 Å². The summed E-state index contributed by atoms with van der Waals surface area (Å²) < 4.78 is 11.3. The Balaban J connectivity index is 2.30. The quantitative estimate of drug-likeness (QED) is 0.667. The van der Waals surface area contributed by atoms with Crippen molar-refractivity contribution in [1.82, 2.24) is 4.90 Å². The number of benzene rings is 1. The molecule has 23 heavy (non-hydrogen) atoms. The average molecular weight is 400 g/mol. The zero-order valence-corrected chi connectivity index (χ0v) is 15.6. The first kappa shape index (κ1) is 17.9. The molecule has 1 aliphatic heterocycles. The zero-order chi connectivity index (χ0) is 17.0. The van der Waals surface area contributed by atoms with Gasteiger partial charge < -0.3 is 9.47 Å². The van der Waals surface area contributed by atoms with Crippen LogP contribution in [0.3, 0.4) is 0 Å². The molecular formula is C16H18BrNO4S. The largest absolute Gasteiger partial charge is 0.493 e. The highest BCUT2D eigenvalue weighted by Gasteiger charge is 2.34. The van der Waals surface area contributed by atoms with Crippen LogP contribution in [-0.2, 0) is 4.79 Å². The van der Waals surface area contributed by atoms with Crippen molar-refractivity contribution in [2.75, 3.05) is 20.8 Å². The summed E-state index contributed by atoms with van der Waals surface area (Å²) in [5.41, 5.74) is 0.760. The van der Waals surface area contributed by atoms with Gasteiger partial charge in [0.15, 0.2) is 11.5 Å². The lowest BCUT2D eigenvalue weighted by Crippen LogP contribution is -2.29. The second-order valence-electron chi connectivity index (χ2n) is 4.93. The number of unbranched alkanes of at least 4 members (excludes halogenated alkanes) is 1. The van der Waals surface area contributed by atoms with E-state index in [1.165, 1.54) is 4.90 Å². The monoisotopic (exact) mass is 399 g/mol. The number of hydrogen-bond donors (Lipinski definition) is 0. The second kappa shape index (κ2) is 7.88. The Morgan fingerprint density at radius 3 is 2.61 bits per heavy atom. The lowest BCUT2D eigenvalue weighted by atomic mass is 10.2. The van der Waals surface area contributed by atoms with Crippen molar-refractivity contribution in [3.05, 3.63) is 27.1 Å². The summed E-state index contributed by atoms with van der Waals surface area (Å²) in [6, 6.07) is 3.59. The summed E-state index contributed by atoms with van der Waals surface area (Å²) >= 11 is 4.39. The minimum Gasteiger partial charge on any atom is -0.493 e. The molecule has 1 heterocycles. The SMILES string of the molecule is CCCCN1C(=O)S/C(=C\c2cc(Br)c(OC)c(OC)c2)C1=O. The van der Waals surface area contributed by atoms with Gasteiger partial charge in [0.2, 0.25) is 0 Å². The first-order chi connectivity index (χ1) is 11.0. The van der Waals surface area contributed by atoms with Crippen LogP contribution in [0.4, 0.5) is 4.79 Å². The summed E-state index contributed by atoms with van der Waals surface area (Å²) in [5, 5.41) is -0.214. The highest BCUT2D eigenvalue weighted by Crippen LogP contribution is 2.38. The van der Waals surface area contributed by atoms with Gasteiger partial charge in [-0.15, -0.1) is 0 Å². The molecular weight excluding hydrogens is 382 g/mol. The van der Waals surface area contributed by atoms with Crippen molar-refractivity contribution in [1.29, 1.82) is 0 Å². The van der Waals surface area contributed by atoms with E-state index in [2.05, 4.69) is 15.9 Å². The number of carbonyl (C=O) groups excluding carboxylic acids is 2. The standard InChI is InChI=1S/C16H18BrNO4S/c1-4-5-6-18-15(19)13(23-16(18)20)9-10-7-11(17)14(22-3)12(8-10)21-2/h7-9H,4-6H2,1-3H3/b13-9-. The molecule has 124 valence electrons. The Bertz CT molecular complexity index is 660. The minimum absolute atomic E-state index is 0.214. The Labute approximate surface area is 148 Å². The highest BCUT2D eigenvalue weighted by atomic mass is 79.9. The lowest BCUT2D eigenvalue weighted by Gasteiger charge is -2.11. The van der Waals surface area contributed by atoms with Crippen LogP contribution in [0, 0.1) is 0 Å². The molecule has 1 saturated heterocycles. The summed E-state index contributed by atoms with van der Waals surface area (Å²) in [6.07, 6.45) is 3.44. The lowest BCUT2D eigenvalue weighted by molar-refractivity contribution is -0.122. The minimum atomic E-state index is -0.237. The Kier molecular flexibility index (Phi) is 6.12. The fraction of sp³-hybridized carbons (Fsp3) is 0.375. The first-order valence-electron chi connectivity index (χ1n) is 7.18. The summed E-state index contributed by atoms with van der Waals surface area (Å²) in [5.74, 6) is 0.901. The van der Waals surface area contributed by atoms with Crippen LogP contribution >= 0.6 is 27.7 Å². The molecule has 5 nitrogen and oxygen atoms in total. The molecule has 2 rings (SSSR count). The molecule has 0 aromatic heterocycles. The maximum absolute atomic E-state index is 12.3. The number of ether oxygens (including phenoxy) is 2. The number of hydrogen-bond acceptors (Lipinski definition) is 5. The molecule has 0 radical (unpaired) electrons. The number of imide groups is 1. The molecule has 7 heteroatoms. The Morgan fingerprint density at radius 1 is 1.26 bits per heavy atom. The molecule has 0 aliphatic carbocycles. The van der Waals surface area contributed by atoms with Crippen LogP contribution in [0.5, 0.6) is 11.5 Å². The van der Waals surface area contributed by atoms with E-state index < -0.39 is 0 Å². The highest BCUT2D eigenvalue weighted by molar-refractivity contribution is 9.10. The molecule has 0 atom stereocenters. The first-order valence-corrected chi connectivity index (χ1v) is 8.79. The van der Waals surface area contributed by atoms with E-state index in [0.29, 0.717) is 22.9 Å². The number of thioether (sulfide) groups is 1. The van der Waals surface area contributed by atoms with Crippen LogP contribution in [0.2, 0.25) is 0 Å². The zero-order valence-electron chi connectivity index (χ0n) is 13.2. The van der Waals surface area contributed by atoms with Gasteiger partial charge in [0.1, 0.15) is 0 Å². The van der Waals surface area contributed by atoms with Crippen molar-refractivity contribution in [3.63, 3.8) is 0 Å². The van der Waals surface area contributed by atoms with E-state index in [1.54, 1.807) is 26.4 Å². The van der Waals surface area contributed by atoms with Gasteiger partial charge in [0.25, 0.3) is 11.1 Å². The van der Waals surface area contributed by atoms with Crippen LogP contribution in [0.25, 0.3) is 6.08 Å². The molecule has 0 bridgehead atoms. The number of methoxy groups -OCH3 is 2. The third-order valence-corrected chi connectivity index (χ3v) is 4.86. The fourth-order valence-corrected chi connectivity index (χ4v) is 3.67. The van der Waals surface area contributed by atoms with E-state index in [9.17, 15) is 9.59 Å². The van der Waals surface area contributed by atoms with Crippen LogP contribution in [-0.4, -0.2) is 36.8 Å². The number of nitrogens with zero attached hydrogens (tertiary/aromatic N) is 1. The summed E-state index contributed by atoms with van der Waals surface area (Å²) in [7, 11) is 3.11. The molecule has 1 aromatic carbocycles. The molecule has 0 spiro atoms. The predicted octanol–water partition coefficient (Wildman–Crippen LogP) is 4.30. The Hall–Kier alpha value is -1.47. The van der Waals surface area contributed by atoms with E-state index >= 15 is 0 Å². The van der Waals surface area contributed by atoms with Crippen LogP contribution < -0.4 is 9.47 Å². The fourth-order valence-electron chi connectivity index (χ4n) is 2.18. The van der Waals surface area contributed by atoms with Gasteiger partial charge in [-0.1, -0.05) is 13.3 Å². The van der Waals surface area contributed by atoms with Gasteiger partial charge in [0.05, 0.1) is 23.6 Å². The molecule has 1 aromatic rings. The van der Waals surface area contributed by atoms with Crippen molar-refractivity contribution in [2.45, 2.75) is 19.8 Å². The molecule has 0 saturated carbocycles. The molecule has 0 unspecified atom stereocenters. The van der Waals surface area contributed by atoms with Crippen molar-refractivity contribution >= 4 is 44.9 Å². The second-order valence-corrected chi connectivity index (χ2v) is 6.77.